The Morgan fingerprint density at radius 2 is 1.96 bits per heavy atom. The van der Waals surface area contributed by atoms with Crippen molar-refractivity contribution in [1.82, 2.24) is 14.8 Å². The van der Waals surface area contributed by atoms with Crippen molar-refractivity contribution in [3.63, 3.8) is 0 Å². The van der Waals surface area contributed by atoms with Crippen molar-refractivity contribution in [2.45, 2.75) is 24.8 Å². The van der Waals surface area contributed by atoms with Crippen LogP contribution in [0.15, 0.2) is 59.9 Å². The van der Waals surface area contributed by atoms with Crippen LogP contribution in [0.2, 0.25) is 0 Å². The van der Waals surface area contributed by atoms with Gasteiger partial charge in [-0.25, -0.2) is 8.42 Å². The second-order valence-corrected chi connectivity index (χ2v) is 8.03. The van der Waals surface area contributed by atoms with E-state index in [0.717, 1.165) is 16.8 Å². The maximum absolute atomic E-state index is 13.0. The summed E-state index contributed by atoms with van der Waals surface area (Å²) in [7, 11) is -3.63. The third-order valence-electron chi connectivity index (χ3n) is 4.29. The van der Waals surface area contributed by atoms with Gasteiger partial charge in [0.15, 0.2) is 0 Å². The number of benzene rings is 1. The van der Waals surface area contributed by atoms with Crippen molar-refractivity contribution >= 4 is 15.7 Å². The third kappa shape index (κ3) is 2.91. The molecule has 0 saturated carbocycles. The van der Waals surface area contributed by atoms with Gasteiger partial charge in [0.1, 0.15) is 4.90 Å². The predicted octanol–water partition coefficient (Wildman–Crippen LogP) is 2.39. The van der Waals surface area contributed by atoms with Crippen LogP contribution < -0.4 is 4.31 Å². The van der Waals surface area contributed by atoms with Gasteiger partial charge in [0.05, 0.1) is 24.1 Å². The summed E-state index contributed by atoms with van der Waals surface area (Å²) in [4.78, 5) is 4.56. The third-order valence-corrected chi connectivity index (χ3v) is 6.06. The second kappa shape index (κ2) is 6.00. The van der Waals surface area contributed by atoms with Gasteiger partial charge in [-0.15, -0.1) is 0 Å². The molecule has 25 heavy (non-hydrogen) atoms. The van der Waals surface area contributed by atoms with Gasteiger partial charge in [0, 0.05) is 25.4 Å². The molecule has 3 aromatic rings. The normalized spacial score (nSPS) is 13.9. The molecule has 1 aliphatic rings. The van der Waals surface area contributed by atoms with E-state index >= 15 is 0 Å². The first-order chi connectivity index (χ1) is 12.0. The Hall–Kier alpha value is -2.67. The molecule has 3 heterocycles. The molecule has 1 aliphatic heterocycles. The fraction of sp³-hybridized carbons (Fsp3) is 0.222. The van der Waals surface area contributed by atoms with Crippen molar-refractivity contribution < 1.29 is 8.42 Å². The van der Waals surface area contributed by atoms with Crippen molar-refractivity contribution in [2.75, 3.05) is 10.8 Å². The average molecular weight is 354 g/mol. The van der Waals surface area contributed by atoms with E-state index in [0.29, 0.717) is 25.2 Å². The van der Waals surface area contributed by atoms with Crippen LogP contribution >= 0.6 is 0 Å². The molecule has 0 amide bonds. The molecule has 6 nitrogen and oxygen atoms in total. The highest BCUT2D eigenvalue weighted by Gasteiger charge is 2.32. The van der Waals surface area contributed by atoms with E-state index in [9.17, 15) is 8.42 Å². The molecule has 4 rings (SSSR count). The summed E-state index contributed by atoms with van der Waals surface area (Å²) in [5.41, 5.74) is 3.52. The first-order valence-electron chi connectivity index (χ1n) is 8.09. The Morgan fingerprint density at radius 3 is 2.76 bits per heavy atom. The topological polar surface area (TPSA) is 68.1 Å². The number of sulfonamides is 1. The molecule has 2 aromatic heterocycles. The molecule has 0 N–H and O–H groups in total. The molecule has 0 radical (unpaired) electrons. The Kier molecular flexibility index (Phi) is 3.80. The molecule has 7 heteroatoms. The first-order valence-corrected chi connectivity index (χ1v) is 9.53. The van der Waals surface area contributed by atoms with E-state index in [-0.39, 0.29) is 4.90 Å². The highest BCUT2D eigenvalue weighted by Crippen LogP contribution is 2.32. The minimum absolute atomic E-state index is 0.206. The van der Waals surface area contributed by atoms with Gasteiger partial charge < -0.3 is 0 Å². The van der Waals surface area contributed by atoms with Gasteiger partial charge in [0.2, 0.25) is 0 Å². The number of hydrogen-bond acceptors (Lipinski definition) is 4. The van der Waals surface area contributed by atoms with Crippen molar-refractivity contribution in [3.8, 4) is 0 Å². The van der Waals surface area contributed by atoms with Crippen LogP contribution in [0.1, 0.15) is 16.8 Å². The number of rotatable bonds is 4. The summed E-state index contributed by atoms with van der Waals surface area (Å²) in [5, 5.41) is 4.22. The molecule has 0 saturated heterocycles. The molecule has 0 aliphatic carbocycles. The minimum Gasteiger partial charge on any atom is -0.267 e. The van der Waals surface area contributed by atoms with Crippen LogP contribution in [0.5, 0.6) is 0 Å². The van der Waals surface area contributed by atoms with E-state index in [1.807, 2.05) is 43.3 Å². The van der Waals surface area contributed by atoms with Crippen molar-refractivity contribution in [1.29, 1.82) is 0 Å². The van der Waals surface area contributed by atoms with Crippen molar-refractivity contribution in [2.24, 2.45) is 0 Å². The monoisotopic (exact) mass is 354 g/mol. The quantitative estimate of drug-likeness (QED) is 0.721. The molecule has 0 spiro atoms. The number of anilines is 1. The van der Waals surface area contributed by atoms with Crippen LogP contribution in [0.25, 0.3) is 0 Å². The maximum Gasteiger partial charge on any atom is 0.267 e. The summed E-state index contributed by atoms with van der Waals surface area (Å²) in [5.74, 6) is 0. The van der Waals surface area contributed by atoms with Gasteiger partial charge >= 0.3 is 0 Å². The fourth-order valence-corrected chi connectivity index (χ4v) is 4.47. The number of fused-ring (bicyclic) bond motifs is 1. The van der Waals surface area contributed by atoms with Gasteiger partial charge in [0.25, 0.3) is 10.0 Å². The van der Waals surface area contributed by atoms with E-state index in [1.54, 1.807) is 17.1 Å². The summed E-state index contributed by atoms with van der Waals surface area (Å²) in [6.45, 7) is 2.86. The average Bonchev–Trinajstić information content (AvgIpc) is 3.23. The molecule has 0 unspecified atom stereocenters. The van der Waals surface area contributed by atoms with Crippen LogP contribution in [-0.2, 0) is 23.0 Å². The first kappa shape index (κ1) is 15.8. The number of aromatic nitrogens is 3. The van der Waals surface area contributed by atoms with Gasteiger partial charge in [-0.05, 0) is 24.1 Å². The molecule has 0 atom stereocenters. The summed E-state index contributed by atoms with van der Waals surface area (Å²) < 4.78 is 29.1. The smallest absolute Gasteiger partial charge is 0.267 e. The molecular weight excluding hydrogens is 336 g/mol. The number of nitrogens with zero attached hydrogens (tertiary/aromatic N) is 4. The number of pyridine rings is 1. The lowest BCUT2D eigenvalue weighted by Gasteiger charge is -2.18. The molecule has 0 bridgehead atoms. The largest absolute Gasteiger partial charge is 0.267 e. The standard InChI is InChI=1S/C18H18N4O2S/c1-14-9-18-17(19-10-14)7-8-22(18)25(23,24)16-11-20-21(13-16)12-15-5-3-2-4-6-15/h2-6,9-11,13H,7-8,12H2,1H3. The summed E-state index contributed by atoms with van der Waals surface area (Å²) in [6.07, 6.45) is 5.41. The fourth-order valence-electron chi connectivity index (χ4n) is 3.03. The SMILES string of the molecule is Cc1cnc2c(c1)N(S(=O)(=O)c1cnn(Cc3ccccc3)c1)CC2. The van der Waals surface area contributed by atoms with Crippen molar-refractivity contribution in [3.05, 3.63) is 71.8 Å². The van der Waals surface area contributed by atoms with E-state index in [4.69, 9.17) is 0 Å². The van der Waals surface area contributed by atoms with E-state index in [1.165, 1.54) is 10.5 Å². The number of aryl methyl sites for hydroxylation is 1. The Morgan fingerprint density at radius 1 is 1.16 bits per heavy atom. The minimum atomic E-state index is -3.63. The molecule has 0 fully saturated rings. The highest BCUT2D eigenvalue weighted by molar-refractivity contribution is 7.92. The zero-order valence-corrected chi connectivity index (χ0v) is 14.6. The second-order valence-electron chi connectivity index (χ2n) is 6.16. The van der Waals surface area contributed by atoms with Crippen LogP contribution in [0.3, 0.4) is 0 Å². The number of hydrogen-bond donors (Lipinski definition) is 0. The van der Waals surface area contributed by atoms with Gasteiger partial charge in [-0.3, -0.25) is 14.0 Å². The molecular formula is C18H18N4O2S. The lowest BCUT2D eigenvalue weighted by Crippen LogP contribution is -2.28. The Labute approximate surface area is 146 Å². The molecule has 1 aromatic carbocycles. The molecule has 128 valence electrons. The Bertz CT molecular complexity index is 1010. The van der Waals surface area contributed by atoms with E-state index < -0.39 is 10.0 Å². The Balaban J connectivity index is 1.63. The van der Waals surface area contributed by atoms with Crippen LogP contribution in [-0.4, -0.2) is 29.7 Å². The van der Waals surface area contributed by atoms with Gasteiger partial charge in [-0.1, -0.05) is 30.3 Å². The van der Waals surface area contributed by atoms with Crippen LogP contribution in [0, 0.1) is 6.92 Å². The predicted molar refractivity (Wildman–Crippen MR) is 95.0 cm³/mol. The lowest BCUT2D eigenvalue weighted by atomic mass is 10.2. The van der Waals surface area contributed by atoms with Gasteiger partial charge in [-0.2, -0.15) is 5.10 Å². The summed E-state index contributed by atoms with van der Waals surface area (Å²) >= 11 is 0. The van der Waals surface area contributed by atoms with E-state index in [2.05, 4.69) is 10.1 Å². The zero-order valence-electron chi connectivity index (χ0n) is 13.8. The summed E-state index contributed by atoms with van der Waals surface area (Å²) in [6, 6.07) is 11.7. The highest BCUT2D eigenvalue weighted by atomic mass is 32.2. The maximum atomic E-state index is 13.0. The van der Waals surface area contributed by atoms with Crippen LogP contribution in [0.4, 0.5) is 5.69 Å². The zero-order chi connectivity index (χ0) is 17.4. The lowest BCUT2D eigenvalue weighted by molar-refractivity contribution is 0.592.